The van der Waals surface area contributed by atoms with Gasteiger partial charge in [0.1, 0.15) is 0 Å². The van der Waals surface area contributed by atoms with E-state index in [-0.39, 0.29) is 29.2 Å². The molecule has 1 aromatic carbocycles. The van der Waals surface area contributed by atoms with Gasteiger partial charge in [-0.05, 0) is 42.9 Å². The maximum atomic E-state index is 13.1. The Morgan fingerprint density at radius 2 is 1.73 bits per heavy atom. The highest BCUT2D eigenvalue weighted by Crippen LogP contribution is 2.48. The SMILES string of the molecule is CC(=O)N(C(C)=O)C1CC(C)(C)CC(C)(C(=O)Nc2cccc(Cl)c2)C1. The normalized spacial score (nSPS) is 24.6. The molecule has 0 aliphatic heterocycles. The smallest absolute Gasteiger partial charge is 0.230 e. The number of anilines is 1. The summed E-state index contributed by atoms with van der Waals surface area (Å²) in [6, 6.07) is 6.72. The molecule has 142 valence electrons. The lowest BCUT2D eigenvalue weighted by Gasteiger charge is -2.48. The Morgan fingerprint density at radius 1 is 1.12 bits per heavy atom. The minimum absolute atomic E-state index is 0.121. The van der Waals surface area contributed by atoms with Gasteiger partial charge in [-0.2, -0.15) is 0 Å². The van der Waals surface area contributed by atoms with E-state index in [0.29, 0.717) is 30.0 Å². The summed E-state index contributed by atoms with van der Waals surface area (Å²) in [4.78, 5) is 38.3. The molecule has 0 radical (unpaired) electrons. The van der Waals surface area contributed by atoms with Crippen molar-refractivity contribution in [1.29, 1.82) is 0 Å². The molecule has 1 aliphatic carbocycles. The molecule has 1 fully saturated rings. The van der Waals surface area contributed by atoms with Crippen molar-refractivity contribution in [3.05, 3.63) is 29.3 Å². The van der Waals surface area contributed by atoms with Crippen molar-refractivity contribution < 1.29 is 14.4 Å². The average molecular weight is 379 g/mol. The van der Waals surface area contributed by atoms with Crippen LogP contribution in [-0.4, -0.2) is 28.7 Å². The quantitative estimate of drug-likeness (QED) is 0.854. The van der Waals surface area contributed by atoms with E-state index in [1.165, 1.54) is 18.7 Å². The van der Waals surface area contributed by atoms with E-state index in [4.69, 9.17) is 11.6 Å². The van der Waals surface area contributed by atoms with E-state index in [2.05, 4.69) is 19.2 Å². The zero-order valence-electron chi connectivity index (χ0n) is 16.1. The number of imide groups is 1. The van der Waals surface area contributed by atoms with Crippen LogP contribution < -0.4 is 5.32 Å². The molecule has 0 aromatic heterocycles. The molecule has 2 atom stereocenters. The van der Waals surface area contributed by atoms with Gasteiger partial charge in [-0.3, -0.25) is 19.3 Å². The van der Waals surface area contributed by atoms with Gasteiger partial charge < -0.3 is 5.32 Å². The highest BCUT2D eigenvalue weighted by Gasteiger charge is 2.48. The van der Waals surface area contributed by atoms with Gasteiger partial charge in [0, 0.05) is 36.0 Å². The maximum absolute atomic E-state index is 13.1. The molecule has 2 unspecified atom stereocenters. The van der Waals surface area contributed by atoms with Crippen LogP contribution in [0.25, 0.3) is 0 Å². The lowest BCUT2D eigenvalue weighted by Crippen LogP contribution is -2.53. The molecule has 0 spiro atoms. The molecule has 0 bridgehead atoms. The summed E-state index contributed by atoms with van der Waals surface area (Å²) < 4.78 is 0. The molecule has 0 saturated heterocycles. The van der Waals surface area contributed by atoms with Gasteiger partial charge in [-0.15, -0.1) is 0 Å². The van der Waals surface area contributed by atoms with Crippen LogP contribution in [0.3, 0.4) is 0 Å². The largest absolute Gasteiger partial charge is 0.326 e. The number of benzene rings is 1. The number of nitrogens with one attached hydrogen (secondary N) is 1. The van der Waals surface area contributed by atoms with E-state index in [1.807, 2.05) is 6.92 Å². The maximum Gasteiger partial charge on any atom is 0.230 e. The van der Waals surface area contributed by atoms with Crippen LogP contribution in [0.5, 0.6) is 0 Å². The van der Waals surface area contributed by atoms with Crippen LogP contribution in [0.15, 0.2) is 24.3 Å². The molecule has 5 nitrogen and oxygen atoms in total. The minimum Gasteiger partial charge on any atom is -0.326 e. The Hall–Kier alpha value is -1.88. The van der Waals surface area contributed by atoms with E-state index < -0.39 is 5.41 Å². The summed E-state index contributed by atoms with van der Waals surface area (Å²) in [6.45, 7) is 8.84. The van der Waals surface area contributed by atoms with Crippen LogP contribution in [0, 0.1) is 10.8 Å². The number of carbonyl (C=O) groups is 3. The van der Waals surface area contributed by atoms with E-state index in [0.717, 1.165) is 0 Å². The zero-order valence-corrected chi connectivity index (χ0v) is 16.8. The van der Waals surface area contributed by atoms with Crippen LogP contribution in [-0.2, 0) is 14.4 Å². The highest BCUT2D eigenvalue weighted by molar-refractivity contribution is 6.30. The van der Waals surface area contributed by atoms with Gasteiger partial charge in [0.2, 0.25) is 17.7 Å². The molecular formula is C20H27ClN2O3. The first-order chi connectivity index (χ1) is 11.9. The van der Waals surface area contributed by atoms with Crippen LogP contribution in [0.2, 0.25) is 5.02 Å². The summed E-state index contributed by atoms with van der Waals surface area (Å²) >= 11 is 6.00. The molecular weight excluding hydrogens is 352 g/mol. The molecule has 26 heavy (non-hydrogen) atoms. The number of amides is 3. The third kappa shape index (κ3) is 4.64. The third-order valence-electron chi connectivity index (χ3n) is 5.02. The lowest BCUT2D eigenvalue weighted by molar-refractivity contribution is -0.150. The third-order valence-corrected chi connectivity index (χ3v) is 5.25. The number of rotatable bonds is 3. The summed E-state index contributed by atoms with van der Waals surface area (Å²) in [7, 11) is 0. The number of nitrogens with zero attached hydrogens (tertiary/aromatic N) is 1. The zero-order chi connectivity index (χ0) is 19.7. The standard InChI is InChI=1S/C20H27ClN2O3/c1-13(24)23(14(2)25)17-10-19(3,4)12-20(5,11-17)18(26)22-16-8-6-7-15(21)9-16/h6-9,17H,10-12H2,1-5H3,(H,22,26). The second-order valence-corrected chi connectivity index (χ2v) is 8.77. The molecule has 6 heteroatoms. The first-order valence-corrected chi connectivity index (χ1v) is 9.19. The fraction of sp³-hybridized carbons (Fsp3) is 0.550. The van der Waals surface area contributed by atoms with Gasteiger partial charge in [0.25, 0.3) is 0 Å². The van der Waals surface area contributed by atoms with Crippen LogP contribution >= 0.6 is 11.6 Å². The van der Waals surface area contributed by atoms with Gasteiger partial charge in [-0.1, -0.05) is 38.4 Å². The van der Waals surface area contributed by atoms with E-state index in [1.54, 1.807) is 24.3 Å². The Balaban J connectivity index is 2.28. The van der Waals surface area contributed by atoms with Gasteiger partial charge in [0.05, 0.1) is 0 Å². The number of carbonyl (C=O) groups excluding carboxylic acids is 3. The number of halogens is 1. The van der Waals surface area contributed by atoms with Crippen molar-refractivity contribution in [3.8, 4) is 0 Å². The topological polar surface area (TPSA) is 66.5 Å². The Morgan fingerprint density at radius 3 is 2.27 bits per heavy atom. The summed E-state index contributed by atoms with van der Waals surface area (Å²) in [5.41, 5.74) is -0.233. The predicted octanol–water partition coefficient (Wildman–Crippen LogP) is 4.26. The van der Waals surface area contributed by atoms with Gasteiger partial charge in [-0.25, -0.2) is 0 Å². The van der Waals surface area contributed by atoms with E-state index >= 15 is 0 Å². The van der Waals surface area contributed by atoms with Crippen molar-refractivity contribution in [2.45, 2.75) is 59.9 Å². The molecule has 1 N–H and O–H groups in total. The molecule has 1 aliphatic rings. The number of hydrogen-bond donors (Lipinski definition) is 1. The summed E-state index contributed by atoms with van der Waals surface area (Å²) in [5.74, 6) is -0.680. The second kappa shape index (κ2) is 7.39. The van der Waals surface area contributed by atoms with Gasteiger partial charge >= 0.3 is 0 Å². The van der Waals surface area contributed by atoms with Gasteiger partial charge in [0.15, 0.2) is 0 Å². The number of hydrogen-bond acceptors (Lipinski definition) is 3. The highest BCUT2D eigenvalue weighted by atomic mass is 35.5. The Bertz CT molecular complexity index is 718. The van der Waals surface area contributed by atoms with Crippen molar-refractivity contribution in [2.75, 3.05) is 5.32 Å². The first-order valence-electron chi connectivity index (χ1n) is 8.81. The fourth-order valence-electron chi connectivity index (χ4n) is 4.37. The van der Waals surface area contributed by atoms with E-state index in [9.17, 15) is 14.4 Å². The molecule has 1 aromatic rings. The average Bonchev–Trinajstić information content (AvgIpc) is 2.44. The Kier molecular flexibility index (Phi) is 5.81. The molecule has 3 amide bonds. The van der Waals surface area contributed by atoms with Crippen molar-refractivity contribution >= 4 is 35.0 Å². The van der Waals surface area contributed by atoms with Crippen molar-refractivity contribution in [1.82, 2.24) is 4.90 Å². The van der Waals surface area contributed by atoms with Crippen molar-refractivity contribution in [2.24, 2.45) is 10.8 Å². The fourth-order valence-corrected chi connectivity index (χ4v) is 4.56. The molecule has 0 heterocycles. The molecule has 1 saturated carbocycles. The van der Waals surface area contributed by atoms with Crippen LogP contribution in [0.4, 0.5) is 5.69 Å². The monoisotopic (exact) mass is 378 g/mol. The first kappa shape index (κ1) is 20.4. The van der Waals surface area contributed by atoms with Crippen LogP contribution in [0.1, 0.15) is 53.9 Å². The van der Waals surface area contributed by atoms with Crippen molar-refractivity contribution in [3.63, 3.8) is 0 Å². The lowest BCUT2D eigenvalue weighted by atomic mass is 9.62. The minimum atomic E-state index is -0.697. The summed E-state index contributed by atoms with van der Waals surface area (Å²) in [6.07, 6.45) is 1.81. The second-order valence-electron chi connectivity index (χ2n) is 8.34. The summed E-state index contributed by atoms with van der Waals surface area (Å²) in [5, 5.41) is 3.49. The Labute approximate surface area is 160 Å². The molecule has 2 rings (SSSR count). The predicted molar refractivity (Wildman–Crippen MR) is 103 cm³/mol.